The van der Waals surface area contributed by atoms with Crippen molar-refractivity contribution in [1.82, 2.24) is 9.97 Å². The second-order valence-electron chi connectivity index (χ2n) is 8.79. The lowest BCUT2D eigenvalue weighted by Crippen LogP contribution is -2.55. The van der Waals surface area contributed by atoms with E-state index in [1.54, 1.807) is 18.5 Å². The van der Waals surface area contributed by atoms with E-state index in [1.807, 2.05) is 0 Å². The summed E-state index contributed by atoms with van der Waals surface area (Å²) in [5, 5.41) is 6.99. The number of benzene rings is 1. The van der Waals surface area contributed by atoms with E-state index in [0.29, 0.717) is 18.1 Å². The number of rotatable bonds is 5. The highest BCUT2D eigenvalue weighted by atomic mass is 19.1. The van der Waals surface area contributed by atoms with Gasteiger partial charge in [0, 0.05) is 12.1 Å². The van der Waals surface area contributed by atoms with E-state index in [0.717, 1.165) is 29.1 Å². The quantitative estimate of drug-likeness (QED) is 0.739. The lowest BCUT2D eigenvalue weighted by Gasteiger charge is -2.57. The SMILES string of the molecule is Nc1c(NCc2ccc(F)cc2)ncnc1NC12CC3CC(CC(C3)C1)C2. The van der Waals surface area contributed by atoms with Gasteiger partial charge in [0.1, 0.15) is 17.8 Å². The highest BCUT2D eigenvalue weighted by Gasteiger charge is 2.51. The second kappa shape index (κ2) is 6.36. The molecule has 5 nitrogen and oxygen atoms in total. The predicted octanol–water partition coefficient (Wildman–Crippen LogP) is 4.19. The molecule has 2 aromatic rings. The van der Waals surface area contributed by atoms with E-state index in [9.17, 15) is 4.39 Å². The van der Waals surface area contributed by atoms with Gasteiger partial charge in [-0.15, -0.1) is 0 Å². The van der Waals surface area contributed by atoms with Gasteiger partial charge in [-0.2, -0.15) is 0 Å². The van der Waals surface area contributed by atoms with E-state index >= 15 is 0 Å². The zero-order valence-electron chi connectivity index (χ0n) is 15.4. The minimum Gasteiger partial charge on any atom is -0.393 e. The zero-order chi connectivity index (χ0) is 18.4. The molecule has 1 aromatic carbocycles. The molecule has 4 aliphatic carbocycles. The Kier molecular flexibility index (Phi) is 3.95. The third-order valence-electron chi connectivity index (χ3n) is 6.68. The van der Waals surface area contributed by atoms with Gasteiger partial charge in [0.25, 0.3) is 0 Å². The topological polar surface area (TPSA) is 75.9 Å². The van der Waals surface area contributed by atoms with Gasteiger partial charge < -0.3 is 16.4 Å². The molecule has 6 rings (SSSR count). The fourth-order valence-corrected chi connectivity index (χ4v) is 5.94. The molecule has 0 saturated heterocycles. The average molecular weight is 367 g/mol. The predicted molar refractivity (Wildman–Crippen MR) is 105 cm³/mol. The monoisotopic (exact) mass is 367 g/mol. The van der Waals surface area contributed by atoms with Gasteiger partial charge in [0.05, 0.1) is 0 Å². The van der Waals surface area contributed by atoms with Gasteiger partial charge in [-0.25, -0.2) is 14.4 Å². The van der Waals surface area contributed by atoms with Crippen molar-refractivity contribution in [3.05, 3.63) is 42.0 Å². The summed E-state index contributed by atoms with van der Waals surface area (Å²) in [6, 6.07) is 6.43. The van der Waals surface area contributed by atoms with Crippen molar-refractivity contribution in [2.75, 3.05) is 16.4 Å². The summed E-state index contributed by atoms with van der Waals surface area (Å²) in [6.07, 6.45) is 9.49. The van der Waals surface area contributed by atoms with Crippen LogP contribution >= 0.6 is 0 Å². The number of hydrogen-bond acceptors (Lipinski definition) is 5. The van der Waals surface area contributed by atoms with Crippen molar-refractivity contribution < 1.29 is 4.39 Å². The Balaban J connectivity index is 1.32. The summed E-state index contributed by atoms with van der Waals surface area (Å²) < 4.78 is 13.1. The van der Waals surface area contributed by atoms with E-state index < -0.39 is 0 Å². The summed E-state index contributed by atoms with van der Waals surface area (Å²) in [4.78, 5) is 8.75. The van der Waals surface area contributed by atoms with Crippen molar-refractivity contribution in [2.24, 2.45) is 17.8 Å². The number of nitrogens with one attached hydrogen (secondary N) is 2. The van der Waals surface area contributed by atoms with Crippen LogP contribution in [0.3, 0.4) is 0 Å². The van der Waals surface area contributed by atoms with Crippen LogP contribution in [0, 0.1) is 23.6 Å². The smallest absolute Gasteiger partial charge is 0.155 e. The zero-order valence-corrected chi connectivity index (χ0v) is 15.4. The largest absolute Gasteiger partial charge is 0.393 e. The normalized spacial score (nSPS) is 31.1. The number of nitrogens with two attached hydrogens (primary N) is 1. The van der Waals surface area contributed by atoms with Crippen LogP contribution in [0.5, 0.6) is 0 Å². The first kappa shape index (κ1) is 16.8. The number of anilines is 3. The molecule has 0 aliphatic heterocycles. The van der Waals surface area contributed by atoms with Crippen LogP contribution in [-0.4, -0.2) is 15.5 Å². The first-order chi connectivity index (χ1) is 13.1. The molecule has 4 N–H and O–H groups in total. The summed E-state index contributed by atoms with van der Waals surface area (Å²) in [5.41, 5.74) is 8.09. The molecule has 4 bridgehead atoms. The van der Waals surface area contributed by atoms with E-state index in [1.165, 1.54) is 50.7 Å². The molecular formula is C21H26FN5. The molecule has 6 heteroatoms. The van der Waals surface area contributed by atoms with Crippen LogP contribution in [-0.2, 0) is 6.54 Å². The van der Waals surface area contributed by atoms with Crippen LogP contribution in [0.2, 0.25) is 0 Å². The van der Waals surface area contributed by atoms with Gasteiger partial charge in [0.2, 0.25) is 0 Å². The van der Waals surface area contributed by atoms with Crippen molar-refractivity contribution in [3.8, 4) is 0 Å². The molecule has 4 fully saturated rings. The van der Waals surface area contributed by atoms with Crippen molar-refractivity contribution >= 4 is 17.3 Å². The van der Waals surface area contributed by atoms with Crippen LogP contribution in [0.15, 0.2) is 30.6 Å². The number of nitrogen functional groups attached to an aromatic ring is 1. The van der Waals surface area contributed by atoms with Crippen LogP contribution in [0.4, 0.5) is 21.7 Å². The van der Waals surface area contributed by atoms with Crippen LogP contribution in [0.1, 0.15) is 44.1 Å². The maximum Gasteiger partial charge on any atom is 0.155 e. The number of halogens is 1. The first-order valence-electron chi connectivity index (χ1n) is 9.95. The standard InChI is InChI=1S/C21H26FN5/c22-17-3-1-13(2-4-17)11-24-19-18(23)20(26-12-25-19)27-21-8-14-5-15(9-21)7-16(6-14)10-21/h1-4,12,14-16H,5-11,23H2,(H2,24,25,26,27). The molecule has 1 heterocycles. The molecule has 0 radical (unpaired) electrons. The Morgan fingerprint density at radius 3 is 2.19 bits per heavy atom. The molecular weight excluding hydrogens is 341 g/mol. The van der Waals surface area contributed by atoms with Crippen LogP contribution in [0.25, 0.3) is 0 Å². The maximum atomic E-state index is 13.1. The highest BCUT2D eigenvalue weighted by Crippen LogP contribution is 2.56. The molecule has 1 aromatic heterocycles. The molecule has 142 valence electrons. The molecule has 4 saturated carbocycles. The fourth-order valence-electron chi connectivity index (χ4n) is 5.94. The van der Waals surface area contributed by atoms with E-state index in [-0.39, 0.29) is 11.4 Å². The third kappa shape index (κ3) is 3.22. The third-order valence-corrected chi connectivity index (χ3v) is 6.68. The summed E-state index contributed by atoms with van der Waals surface area (Å²) in [5.74, 6) is 3.73. The van der Waals surface area contributed by atoms with Gasteiger partial charge in [-0.3, -0.25) is 0 Å². The highest BCUT2D eigenvalue weighted by molar-refractivity contribution is 5.74. The van der Waals surface area contributed by atoms with Crippen molar-refractivity contribution in [1.29, 1.82) is 0 Å². The van der Waals surface area contributed by atoms with Gasteiger partial charge in [-0.1, -0.05) is 12.1 Å². The molecule has 0 amide bonds. The molecule has 0 spiro atoms. The summed E-state index contributed by atoms with van der Waals surface area (Å²) in [6.45, 7) is 0.540. The summed E-state index contributed by atoms with van der Waals surface area (Å²) in [7, 11) is 0. The Hall–Kier alpha value is -2.37. The number of aromatic nitrogens is 2. The lowest BCUT2D eigenvalue weighted by atomic mass is 9.53. The van der Waals surface area contributed by atoms with Gasteiger partial charge >= 0.3 is 0 Å². The maximum absolute atomic E-state index is 13.1. The molecule has 27 heavy (non-hydrogen) atoms. The molecule has 0 atom stereocenters. The molecule has 0 unspecified atom stereocenters. The number of hydrogen-bond donors (Lipinski definition) is 3. The Bertz CT molecular complexity index is 800. The van der Waals surface area contributed by atoms with Gasteiger partial charge in [0.15, 0.2) is 11.6 Å². The average Bonchev–Trinajstić information content (AvgIpc) is 2.62. The minimum absolute atomic E-state index is 0.158. The summed E-state index contributed by atoms with van der Waals surface area (Å²) >= 11 is 0. The molecule has 4 aliphatic rings. The fraction of sp³-hybridized carbons (Fsp3) is 0.524. The van der Waals surface area contributed by atoms with E-state index in [2.05, 4.69) is 20.6 Å². The van der Waals surface area contributed by atoms with Crippen molar-refractivity contribution in [2.45, 2.75) is 50.6 Å². The Morgan fingerprint density at radius 1 is 0.963 bits per heavy atom. The van der Waals surface area contributed by atoms with Crippen LogP contribution < -0.4 is 16.4 Å². The minimum atomic E-state index is -0.234. The Labute approximate surface area is 159 Å². The lowest BCUT2D eigenvalue weighted by molar-refractivity contribution is 0.0106. The Morgan fingerprint density at radius 2 is 1.56 bits per heavy atom. The van der Waals surface area contributed by atoms with Gasteiger partial charge in [-0.05, 0) is 74.0 Å². The first-order valence-corrected chi connectivity index (χ1v) is 9.95. The second-order valence-corrected chi connectivity index (χ2v) is 8.79. The number of nitrogens with zero attached hydrogens (tertiary/aromatic N) is 2. The van der Waals surface area contributed by atoms with E-state index in [4.69, 9.17) is 5.73 Å². The van der Waals surface area contributed by atoms with Crippen molar-refractivity contribution in [3.63, 3.8) is 0 Å².